The maximum absolute atomic E-state index is 13.8. The van der Waals surface area contributed by atoms with E-state index in [0.29, 0.717) is 0 Å². The lowest BCUT2D eigenvalue weighted by atomic mass is 9.68. The lowest BCUT2D eigenvalue weighted by Crippen LogP contribution is -2.61. The van der Waals surface area contributed by atoms with Crippen molar-refractivity contribution in [2.45, 2.75) is 75.2 Å². The molecule has 0 bridgehead atoms. The van der Waals surface area contributed by atoms with Crippen LogP contribution < -0.4 is 10.1 Å². The van der Waals surface area contributed by atoms with E-state index >= 15 is 0 Å². The number of methoxy groups -OCH3 is 1. The number of benzene rings is 1. The van der Waals surface area contributed by atoms with Gasteiger partial charge in [0.25, 0.3) is 0 Å². The lowest BCUT2D eigenvalue weighted by molar-refractivity contribution is -0.129. The van der Waals surface area contributed by atoms with Crippen LogP contribution in [0.4, 0.5) is 0 Å². The number of rotatable bonds is 6. The molecule has 5 nitrogen and oxygen atoms in total. The van der Waals surface area contributed by atoms with E-state index in [-0.39, 0.29) is 11.4 Å². The van der Waals surface area contributed by atoms with Gasteiger partial charge in [0.2, 0.25) is 5.91 Å². The largest absolute Gasteiger partial charge is 0.497 e. The van der Waals surface area contributed by atoms with E-state index in [4.69, 9.17) is 9.47 Å². The van der Waals surface area contributed by atoms with Gasteiger partial charge in [0, 0.05) is 25.3 Å². The molecule has 5 heteroatoms. The SMILES string of the molecule is COc1ccc(C2(C(=O)NCC3(N4CCCCC4)CCOCC3)CCCCC2)cc1. The van der Waals surface area contributed by atoms with Crippen molar-refractivity contribution in [3.63, 3.8) is 0 Å². The number of hydrogen-bond acceptors (Lipinski definition) is 4. The Labute approximate surface area is 181 Å². The first-order valence-corrected chi connectivity index (χ1v) is 11.9. The number of likely N-dealkylation sites (tertiary alicyclic amines) is 1. The number of amides is 1. The second-order valence-corrected chi connectivity index (χ2v) is 9.44. The third-order valence-corrected chi connectivity index (χ3v) is 7.81. The van der Waals surface area contributed by atoms with Crippen LogP contribution in [-0.2, 0) is 14.9 Å². The minimum absolute atomic E-state index is 0.0596. The van der Waals surface area contributed by atoms with Crippen LogP contribution >= 0.6 is 0 Å². The first-order valence-electron chi connectivity index (χ1n) is 11.9. The maximum atomic E-state index is 13.8. The van der Waals surface area contributed by atoms with Crippen molar-refractivity contribution < 1.29 is 14.3 Å². The Morgan fingerprint density at radius 2 is 1.60 bits per heavy atom. The van der Waals surface area contributed by atoms with Crippen molar-refractivity contribution in [3.05, 3.63) is 29.8 Å². The molecular formula is C25H38N2O3. The molecule has 1 aromatic carbocycles. The summed E-state index contributed by atoms with van der Waals surface area (Å²) < 4.78 is 11.0. The van der Waals surface area contributed by atoms with Crippen LogP contribution in [0.3, 0.4) is 0 Å². The van der Waals surface area contributed by atoms with Crippen molar-refractivity contribution in [1.82, 2.24) is 10.2 Å². The smallest absolute Gasteiger partial charge is 0.230 e. The van der Waals surface area contributed by atoms with Gasteiger partial charge in [-0.25, -0.2) is 0 Å². The summed E-state index contributed by atoms with van der Waals surface area (Å²) in [4.78, 5) is 16.4. The van der Waals surface area contributed by atoms with Crippen LogP contribution in [-0.4, -0.2) is 56.3 Å². The van der Waals surface area contributed by atoms with E-state index in [0.717, 1.165) is 82.7 Å². The van der Waals surface area contributed by atoms with Crippen LogP contribution in [0, 0.1) is 0 Å². The van der Waals surface area contributed by atoms with Crippen molar-refractivity contribution >= 4 is 5.91 Å². The van der Waals surface area contributed by atoms with E-state index in [1.807, 2.05) is 12.1 Å². The second-order valence-electron chi connectivity index (χ2n) is 9.44. The Morgan fingerprint density at radius 1 is 0.967 bits per heavy atom. The quantitative estimate of drug-likeness (QED) is 0.763. The highest BCUT2D eigenvalue weighted by molar-refractivity contribution is 5.88. The van der Waals surface area contributed by atoms with Gasteiger partial charge in [-0.2, -0.15) is 0 Å². The average molecular weight is 415 g/mol. The van der Waals surface area contributed by atoms with E-state index in [1.165, 1.54) is 25.7 Å². The van der Waals surface area contributed by atoms with Crippen molar-refractivity contribution in [2.24, 2.45) is 0 Å². The van der Waals surface area contributed by atoms with Crippen molar-refractivity contribution in [3.8, 4) is 5.75 Å². The van der Waals surface area contributed by atoms with Gasteiger partial charge in [0.1, 0.15) is 5.75 Å². The number of piperidine rings is 1. The Bertz CT molecular complexity index is 685. The van der Waals surface area contributed by atoms with Gasteiger partial charge < -0.3 is 14.8 Å². The van der Waals surface area contributed by atoms with Crippen LogP contribution in [0.1, 0.15) is 69.8 Å². The Kier molecular flexibility index (Phi) is 6.99. The fraction of sp³-hybridized carbons (Fsp3) is 0.720. The predicted octanol–water partition coefficient (Wildman–Crippen LogP) is 4.05. The number of carbonyl (C=O) groups is 1. The molecule has 0 spiro atoms. The fourth-order valence-electron chi connectivity index (χ4n) is 5.85. The molecule has 166 valence electrons. The highest BCUT2D eigenvalue weighted by Crippen LogP contribution is 2.40. The number of hydrogen-bond donors (Lipinski definition) is 1. The summed E-state index contributed by atoms with van der Waals surface area (Å²) in [5.41, 5.74) is 0.794. The molecule has 3 fully saturated rings. The van der Waals surface area contributed by atoms with E-state index in [1.54, 1.807) is 7.11 Å². The zero-order chi connectivity index (χ0) is 20.9. The van der Waals surface area contributed by atoms with Gasteiger partial charge in [-0.05, 0) is 69.3 Å². The normalized spacial score (nSPS) is 24.2. The molecule has 2 heterocycles. The van der Waals surface area contributed by atoms with Crippen LogP contribution in [0.25, 0.3) is 0 Å². The highest BCUT2D eigenvalue weighted by atomic mass is 16.5. The first kappa shape index (κ1) is 21.6. The van der Waals surface area contributed by atoms with Gasteiger partial charge in [0.05, 0.1) is 12.5 Å². The summed E-state index contributed by atoms with van der Waals surface area (Å²) in [6.07, 6.45) is 11.2. The van der Waals surface area contributed by atoms with E-state index < -0.39 is 5.41 Å². The molecular weight excluding hydrogens is 376 g/mol. The number of ether oxygens (including phenoxy) is 2. The Morgan fingerprint density at radius 3 is 2.23 bits per heavy atom. The monoisotopic (exact) mass is 414 g/mol. The molecule has 1 N–H and O–H groups in total. The second kappa shape index (κ2) is 9.69. The Hall–Kier alpha value is -1.59. The third-order valence-electron chi connectivity index (χ3n) is 7.81. The minimum atomic E-state index is -0.404. The lowest BCUT2D eigenvalue weighted by Gasteiger charge is -2.48. The molecule has 0 aromatic heterocycles. The summed E-state index contributed by atoms with van der Waals surface area (Å²) in [5.74, 6) is 1.06. The van der Waals surface area contributed by atoms with E-state index in [9.17, 15) is 4.79 Å². The summed E-state index contributed by atoms with van der Waals surface area (Å²) in [7, 11) is 1.69. The third kappa shape index (κ3) is 4.38. The van der Waals surface area contributed by atoms with Crippen LogP contribution in [0.2, 0.25) is 0 Å². The summed E-state index contributed by atoms with van der Waals surface area (Å²) in [6.45, 7) is 4.65. The molecule has 4 rings (SSSR count). The summed E-state index contributed by atoms with van der Waals surface area (Å²) in [6, 6.07) is 8.18. The van der Waals surface area contributed by atoms with Gasteiger partial charge in [-0.3, -0.25) is 9.69 Å². The van der Waals surface area contributed by atoms with Crippen LogP contribution in [0.15, 0.2) is 24.3 Å². The zero-order valence-corrected chi connectivity index (χ0v) is 18.6. The van der Waals surface area contributed by atoms with Gasteiger partial charge in [-0.1, -0.05) is 37.8 Å². The average Bonchev–Trinajstić information content (AvgIpc) is 2.84. The first-order chi connectivity index (χ1) is 14.7. The Balaban J connectivity index is 1.52. The van der Waals surface area contributed by atoms with Gasteiger partial charge in [0.15, 0.2) is 0 Å². The molecule has 1 aromatic rings. The standard InChI is InChI=1S/C25H38N2O3/c1-29-22-10-8-21(9-11-22)25(12-4-2-5-13-25)23(28)26-20-24(14-18-30-19-15-24)27-16-6-3-7-17-27/h8-11H,2-7,12-20H2,1H3,(H,26,28). The minimum Gasteiger partial charge on any atom is -0.497 e. The zero-order valence-electron chi connectivity index (χ0n) is 18.6. The maximum Gasteiger partial charge on any atom is 0.230 e. The molecule has 30 heavy (non-hydrogen) atoms. The number of carbonyl (C=O) groups excluding carboxylic acids is 1. The molecule has 2 aliphatic heterocycles. The number of nitrogens with one attached hydrogen (secondary N) is 1. The molecule has 1 saturated carbocycles. The van der Waals surface area contributed by atoms with Crippen LogP contribution in [0.5, 0.6) is 5.75 Å². The molecule has 1 amide bonds. The molecule has 0 atom stereocenters. The molecule has 0 unspecified atom stereocenters. The number of nitrogens with zero attached hydrogens (tertiary/aromatic N) is 1. The highest BCUT2D eigenvalue weighted by Gasteiger charge is 2.44. The summed E-state index contributed by atoms with van der Waals surface area (Å²) >= 11 is 0. The van der Waals surface area contributed by atoms with Gasteiger partial charge >= 0.3 is 0 Å². The van der Waals surface area contributed by atoms with Gasteiger partial charge in [-0.15, -0.1) is 0 Å². The molecule has 1 aliphatic carbocycles. The molecule has 0 radical (unpaired) electrons. The van der Waals surface area contributed by atoms with Crippen molar-refractivity contribution in [1.29, 1.82) is 0 Å². The van der Waals surface area contributed by atoms with Crippen molar-refractivity contribution in [2.75, 3.05) is 40.0 Å². The predicted molar refractivity (Wildman–Crippen MR) is 119 cm³/mol. The fourth-order valence-corrected chi connectivity index (χ4v) is 5.85. The topological polar surface area (TPSA) is 50.8 Å². The summed E-state index contributed by atoms with van der Waals surface area (Å²) in [5, 5.41) is 3.46. The molecule has 3 aliphatic rings. The molecule has 2 saturated heterocycles. The van der Waals surface area contributed by atoms with E-state index in [2.05, 4.69) is 22.3 Å².